The van der Waals surface area contributed by atoms with Crippen LogP contribution in [0, 0.1) is 5.92 Å². The third kappa shape index (κ3) is 2.58. The van der Waals surface area contributed by atoms with Crippen molar-refractivity contribution in [2.75, 3.05) is 11.9 Å². The Bertz CT molecular complexity index is 696. The van der Waals surface area contributed by atoms with Crippen molar-refractivity contribution < 1.29 is 14.4 Å². The minimum absolute atomic E-state index is 0.177. The van der Waals surface area contributed by atoms with E-state index in [0.717, 1.165) is 35.6 Å². The number of hydrogen-bond donors (Lipinski definition) is 2. The van der Waals surface area contributed by atoms with Crippen molar-refractivity contribution in [2.24, 2.45) is 5.92 Å². The molecule has 3 fully saturated rings. The molecule has 1 aromatic heterocycles. The molecule has 0 radical (unpaired) electrons. The summed E-state index contributed by atoms with van der Waals surface area (Å²) in [5.74, 6) is -0.109. The van der Waals surface area contributed by atoms with Gasteiger partial charge in [-0.2, -0.15) is 0 Å². The van der Waals surface area contributed by atoms with Gasteiger partial charge in [-0.05, 0) is 38.5 Å². The van der Waals surface area contributed by atoms with Crippen LogP contribution in [-0.4, -0.2) is 45.0 Å². The van der Waals surface area contributed by atoms with Crippen LogP contribution in [0.15, 0.2) is 0 Å². The Morgan fingerprint density at radius 1 is 1.35 bits per heavy atom. The van der Waals surface area contributed by atoms with E-state index in [-0.39, 0.29) is 18.4 Å². The molecule has 1 unspecified atom stereocenters. The molecule has 1 aliphatic heterocycles. The first-order valence-electron chi connectivity index (χ1n) is 7.75. The maximum Gasteiger partial charge on any atom is 0.325 e. The molecule has 23 heavy (non-hydrogen) atoms. The number of rotatable bonds is 5. The summed E-state index contributed by atoms with van der Waals surface area (Å²) in [6.45, 7) is 1.43. The van der Waals surface area contributed by atoms with Gasteiger partial charge in [0.15, 0.2) is 0 Å². The van der Waals surface area contributed by atoms with Crippen molar-refractivity contribution in [3.8, 4) is 0 Å². The van der Waals surface area contributed by atoms with Crippen molar-refractivity contribution >= 4 is 34.3 Å². The average Bonchev–Trinajstić information content (AvgIpc) is 3.41. The molecule has 3 aliphatic rings. The highest BCUT2D eigenvalue weighted by atomic mass is 32.1. The van der Waals surface area contributed by atoms with Crippen LogP contribution in [0.3, 0.4) is 0 Å². The predicted molar refractivity (Wildman–Crippen MR) is 81.9 cm³/mol. The summed E-state index contributed by atoms with van der Waals surface area (Å²) in [6.07, 6.45) is 4.09. The molecule has 0 spiro atoms. The Morgan fingerprint density at radius 3 is 2.74 bits per heavy atom. The van der Waals surface area contributed by atoms with E-state index in [1.54, 1.807) is 6.92 Å². The van der Waals surface area contributed by atoms with E-state index in [4.69, 9.17) is 0 Å². The monoisotopic (exact) mass is 335 g/mol. The number of nitrogens with one attached hydrogen (secondary N) is 2. The lowest BCUT2D eigenvalue weighted by atomic mass is 9.96. The van der Waals surface area contributed by atoms with Crippen LogP contribution >= 0.6 is 11.3 Å². The summed E-state index contributed by atoms with van der Waals surface area (Å²) in [5, 5.41) is 14.6. The van der Waals surface area contributed by atoms with Gasteiger partial charge < -0.3 is 5.32 Å². The summed E-state index contributed by atoms with van der Waals surface area (Å²) in [6, 6.07) is -0.504. The zero-order valence-electron chi connectivity index (χ0n) is 12.7. The second kappa shape index (κ2) is 4.98. The Hall–Kier alpha value is -2.03. The molecular formula is C14H17N5O3S. The number of carbonyl (C=O) groups is 3. The molecule has 1 aromatic rings. The van der Waals surface area contributed by atoms with Crippen LogP contribution in [0.25, 0.3) is 0 Å². The molecule has 9 heteroatoms. The molecule has 4 amide bonds. The van der Waals surface area contributed by atoms with E-state index in [0.29, 0.717) is 11.0 Å². The van der Waals surface area contributed by atoms with Gasteiger partial charge in [-0.25, -0.2) is 4.79 Å². The molecular weight excluding hydrogens is 318 g/mol. The quantitative estimate of drug-likeness (QED) is 0.783. The van der Waals surface area contributed by atoms with Crippen LogP contribution in [0.2, 0.25) is 0 Å². The molecule has 2 aliphatic carbocycles. The normalized spacial score (nSPS) is 27.3. The first kappa shape index (κ1) is 14.6. The van der Waals surface area contributed by atoms with Gasteiger partial charge in [-0.3, -0.25) is 19.8 Å². The molecule has 1 atom stereocenters. The van der Waals surface area contributed by atoms with Gasteiger partial charge in [0, 0.05) is 5.92 Å². The van der Waals surface area contributed by atoms with Crippen LogP contribution < -0.4 is 10.6 Å². The SMILES string of the molecule is CC1(C2CC2)NC(=O)N(CC(=O)Nc2nnc(C3CC3)s2)C1=O. The Labute approximate surface area is 136 Å². The number of aromatic nitrogens is 2. The predicted octanol–water partition coefficient (Wildman–Crippen LogP) is 1.07. The number of imide groups is 1. The summed E-state index contributed by atoms with van der Waals surface area (Å²) in [7, 11) is 0. The van der Waals surface area contributed by atoms with E-state index >= 15 is 0 Å². The molecule has 2 saturated carbocycles. The van der Waals surface area contributed by atoms with Crippen LogP contribution in [-0.2, 0) is 9.59 Å². The van der Waals surface area contributed by atoms with Gasteiger partial charge >= 0.3 is 6.03 Å². The minimum atomic E-state index is -0.862. The van der Waals surface area contributed by atoms with E-state index in [2.05, 4.69) is 20.8 Å². The fraction of sp³-hybridized carbons (Fsp3) is 0.643. The highest BCUT2D eigenvalue weighted by Gasteiger charge is 2.56. The molecule has 0 aromatic carbocycles. The Kier molecular flexibility index (Phi) is 3.15. The number of carbonyl (C=O) groups excluding carboxylic acids is 3. The number of urea groups is 1. The van der Waals surface area contributed by atoms with Crippen molar-refractivity contribution in [3.05, 3.63) is 5.01 Å². The van der Waals surface area contributed by atoms with Crippen LogP contribution in [0.4, 0.5) is 9.93 Å². The van der Waals surface area contributed by atoms with Gasteiger partial charge in [0.25, 0.3) is 5.91 Å². The molecule has 1 saturated heterocycles. The average molecular weight is 335 g/mol. The van der Waals surface area contributed by atoms with E-state index < -0.39 is 17.5 Å². The fourth-order valence-corrected chi connectivity index (χ4v) is 3.81. The van der Waals surface area contributed by atoms with Gasteiger partial charge in [-0.1, -0.05) is 11.3 Å². The number of hydrogen-bond acceptors (Lipinski definition) is 6. The number of anilines is 1. The highest BCUT2D eigenvalue weighted by Crippen LogP contribution is 2.43. The number of amides is 4. The summed E-state index contributed by atoms with van der Waals surface area (Å²) < 4.78 is 0. The van der Waals surface area contributed by atoms with Crippen LogP contribution in [0.1, 0.15) is 43.5 Å². The zero-order valence-corrected chi connectivity index (χ0v) is 13.5. The second-order valence-corrected chi connectivity index (χ2v) is 7.58. The largest absolute Gasteiger partial charge is 0.325 e. The Balaban J connectivity index is 1.39. The van der Waals surface area contributed by atoms with Gasteiger partial charge in [0.05, 0.1) is 0 Å². The standard InChI is InChI=1S/C14H17N5O3S/c1-14(8-4-5-8)11(21)19(13(22)16-14)6-9(20)15-12-18-17-10(23-12)7-2-3-7/h7-8H,2-6H2,1H3,(H,16,22)(H,15,18,20). The second-order valence-electron chi connectivity index (χ2n) is 6.57. The lowest BCUT2D eigenvalue weighted by Crippen LogP contribution is -2.46. The lowest BCUT2D eigenvalue weighted by molar-refractivity contribution is -0.134. The van der Waals surface area contributed by atoms with E-state index in [9.17, 15) is 14.4 Å². The molecule has 2 heterocycles. The van der Waals surface area contributed by atoms with Gasteiger partial charge in [0.1, 0.15) is 17.1 Å². The maximum absolute atomic E-state index is 12.4. The zero-order chi connectivity index (χ0) is 16.2. The molecule has 2 N–H and O–H groups in total. The first-order chi connectivity index (χ1) is 11.0. The van der Waals surface area contributed by atoms with Gasteiger partial charge in [0.2, 0.25) is 11.0 Å². The van der Waals surface area contributed by atoms with E-state index in [1.165, 1.54) is 11.3 Å². The minimum Gasteiger partial charge on any atom is -0.323 e. The Morgan fingerprint density at radius 2 is 2.09 bits per heavy atom. The third-order valence-electron chi connectivity index (χ3n) is 4.61. The van der Waals surface area contributed by atoms with Gasteiger partial charge in [-0.15, -0.1) is 10.2 Å². The van der Waals surface area contributed by atoms with Crippen LogP contribution in [0.5, 0.6) is 0 Å². The highest BCUT2D eigenvalue weighted by molar-refractivity contribution is 7.15. The van der Waals surface area contributed by atoms with Crippen molar-refractivity contribution in [1.29, 1.82) is 0 Å². The lowest BCUT2D eigenvalue weighted by Gasteiger charge is -2.20. The number of nitrogens with zero attached hydrogens (tertiary/aromatic N) is 3. The fourth-order valence-electron chi connectivity index (χ4n) is 2.88. The molecule has 4 rings (SSSR count). The van der Waals surface area contributed by atoms with Crippen molar-refractivity contribution in [1.82, 2.24) is 20.4 Å². The van der Waals surface area contributed by atoms with Crippen molar-refractivity contribution in [3.63, 3.8) is 0 Å². The smallest absolute Gasteiger partial charge is 0.323 e. The summed E-state index contributed by atoms with van der Waals surface area (Å²) in [5.41, 5.74) is -0.862. The summed E-state index contributed by atoms with van der Waals surface area (Å²) >= 11 is 1.35. The summed E-state index contributed by atoms with van der Waals surface area (Å²) in [4.78, 5) is 37.5. The van der Waals surface area contributed by atoms with Crippen molar-refractivity contribution in [2.45, 2.75) is 44.1 Å². The topological polar surface area (TPSA) is 104 Å². The molecule has 8 nitrogen and oxygen atoms in total. The first-order valence-corrected chi connectivity index (χ1v) is 8.56. The maximum atomic E-state index is 12.4. The van der Waals surface area contributed by atoms with E-state index in [1.807, 2.05) is 0 Å². The third-order valence-corrected chi connectivity index (χ3v) is 5.61. The molecule has 122 valence electrons. The molecule has 0 bridgehead atoms.